The summed E-state index contributed by atoms with van der Waals surface area (Å²) in [6, 6.07) is 8.31. The molecule has 19 heavy (non-hydrogen) atoms. The van der Waals surface area contributed by atoms with Crippen molar-refractivity contribution >= 4 is 17.7 Å². The number of likely N-dealkylation sites (N-methyl/N-ethyl adjacent to an activating group) is 1. The fourth-order valence-corrected chi connectivity index (χ4v) is 2.28. The van der Waals surface area contributed by atoms with Crippen LogP contribution >= 0.6 is 11.8 Å². The summed E-state index contributed by atoms with van der Waals surface area (Å²) < 4.78 is 0. The van der Waals surface area contributed by atoms with Gasteiger partial charge in [0.2, 0.25) is 5.91 Å². The van der Waals surface area contributed by atoms with Gasteiger partial charge in [0.25, 0.3) is 0 Å². The first-order chi connectivity index (χ1) is 8.90. The maximum atomic E-state index is 12.2. The maximum absolute atomic E-state index is 12.2. The molecule has 1 amide bonds. The van der Waals surface area contributed by atoms with Crippen LogP contribution in [0.1, 0.15) is 39.3 Å². The van der Waals surface area contributed by atoms with E-state index in [2.05, 4.69) is 41.2 Å². The van der Waals surface area contributed by atoms with Crippen LogP contribution in [0.3, 0.4) is 0 Å². The van der Waals surface area contributed by atoms with E-state index in [0.717, 1.165) is 12.1 Å². The predicted octanol–water partition coefficient (Wildman–Crippen LogP) is 2.97. The SMILES string of the molecule is CCNC(C)(C)C(=O)NC(C)c1ccc(SC)cc1. The van der Waals surface area contributed by atoms with Crippen molar-refractivity contribution in [2.75, 3.05) is 12.8 Å². The molecular formula is C15H24N2OS. The van der Waals surface area contributed by atoms with Gasteiger partial charge in [0, 0.05) is 4.90 Å². The number of rotatable bonds is 6. The number of thioether (sulfide) groups is 1. The third-order valence-electron chi connectivity index (χ3n) is 3.15. The van der Waals surface area contributed by atoms with Gasteiger partial charge in [-0.2, -0.15) is 0 Å². The summed E-state index contributed by atoms with van der Waals surface area (Å²) in [6.45, 7) is 8.58. The minimum atomic E-state index is -0.539. The summed E-state index contributed by atoms with van der Waals surface area (Å²) in [6.07, 6.45) is 2.05. The summed E-state index contributed by atoms with van der Waals surface area (Å²) in [5.74, 6) is 0.0239. The molecule has 1 rings (SSSR count). The zero-order valence-corrected chi connectivity index (χ0v) is 13.2. The third-order valence-corrected chi connectivity index (χ3v) is 3.89. The van der Waals surface area contributed by atoms with Crippen LogP contribution in [0, 0.1) is 0 Å². The average Bonchev–Trinajstić information content (AvgIpc) is 2.38. The molecule has 1 unspecified atom stereocenters. The van der Waals surface area contributed by atoms with E-state index in [1.54, 1.807) is 11.8 Å². The van der Waals surface area contributed by atoms with Gasteiger partial charge in [-0.1, -0.05) is 19.1 Å². The average molecular weight is 280 g/mol. The highest BCUT2D eigenvalue weighted by atomic mass is 32.2. The molecule has 0 fully saturated rings. The smallest absolute Gasteiger partial charge is 0.240 e. The van der Waals surface area contributed by atoms with Gasteiger partial charge in [-0.15, -0.1) is 11.8 Å². The number of amides is 1. The second-order valence-electron chi connectivity index (χ2n) is 5.12. The fourth-order valence-electron chi connectivity index (χ4n) is 1.88. The Kier molecular flexibility index (Phi) is 5.88. The monoisotopic (exact) mass is 280 g/mol. The lowest BCUT2D eigenvalue weighted by Crippen LogP contribution is -2.52. The highest BCUT2D eigenvalue weighted by molar-refractivity contribution is 7.98. The topological polar surface area (TPSA) is 41.1 Å². The van der Waals surface area contributed by atoms with Gasteiger partial charge in [-0.25, -0.2) is 0 Å². The van der Waals surface area contributed by atoms with Crippen molar-refractivity contribution in [3.63, 3.8) is 0 Å². The molecule has 0 saturated carbocycles. The van der Waals surface area contributed by atoms with Gasteiger partial charge < -0.3 is 10.6 Å². The molecule has 0 saturated heterocycles. The molecule has 1 aromatic carbocycles. The summed E-state index contributed by atoms with van der Waals surface area (Å²) >= 11 is 1.72. The molecule has 1 atom stereocenters. The van der Waals surface area contributed by atoms with Crippen LogP contribution in [0.2, 0.25) is 0 Å². The Hall–Kier alpha value is -1.00. The molecule has 0 bridgehead atoms. The van der Waals surface area contributed by atoms with Crippen LogP contribution in [0.5, 0.6) is 0 Å². The van der Waals surface area contributed by atoms with E-state index in [-0.39, 0.29) is 11.9 Å². The van der Waals surface area contributed by atoms with Gasteiger partial charge >= 0.3 is 0 Å². The summed E-state index contributed by atoms with van der Waals surface area (Å²) in [5, 5.41) is 6.23. The van der Waals surface area contributed by atoms with Crippen LogP contribution < -0.4 is 10.6 Å². The van der Waals surface area contributed by atoms with Gasteiger partial charge in [-0.05, 0) is 51.3 Å². The first-order valence-electron chi connectivity index (χ1n) is 6.60. The van der Waals surface area contributed by atoms with Crippen LogP contribution in [0.25, 0.3) is 0 Å². The second-order valence-corrected chi connectivity index (χ2v) is 6.00. The Morgan fingerprint density at radius 2 is 1.89 bits per heavy atom. The van der Waals surface area contributed by atoms with Crippen molar-refractivity contribution in [1.29, 1.82) is 0 Å². The Labute approximate surface area is 120 Å². The third kappa shape index (κ3) is 4.55. The Morgan fingerprint density at radius 1 is 1.32 bits per heavy atom. The van der Waals surface area contributed by atoms with E-state index in [1.165, 1.54) is 4.90 Å². The highest BCUT2D eigenvalue weighted by Gasteiger charge is 2.27. The molecule has 0 aromatic heterocycles. The second kappa shape index (κ2) is 6.96. The molecule has 106 valence electrons. The lowest BCUT2D eigenvalue weighted by atomic mass is 10.0. The molecule has 3 nitrogen and oxygen atoms in total. The standard InChI is InChI=1S/C15H24N2OS/c1-6-16-15(3,4)14(18)17-11(2)12-7-9-13(19-5)10-8-12/h7-11,16H,6H2,1-5H3,(H,17,18). The Morgan fingerprint density at radius 3 is 2.37 bits per heavy atom. The largest absolute Gasteiger partial charge is 0.348 e. The Balaban J connectivity index is 2.68. The normalized spacial score (nSPS) is 13.1. The van der Waals surface area contributed by atoms with Gasteiger partial charge in [0.1, 0.15) is 0 Å². The number of carbonyl (C=O) groups is 1. The molecular weight excluding hydrogens is 256 g/mol. The Bertz CT molecular complexity index is 415. The molecule has 4 heteroatoms. The molecule has 1 aromatic rings. The van der Waals surface area contributed by atoms with Crippen molar-refractivity contribution in [2.45, 2.75) is 44.2 Å². The summed E-state index contributed by atoms with van der Waals surface area (Å²) in [5.41, 5.74) is 0.584. The zero-order valence-electron chi connectivity index (χ0n) is 12.4. The fraction of sp³-hybridized carbons (Fsp3) is 0.533. The number of nitrogens with one attached hydrogen (secondary N) is 2. The molecule has 2 N–H and O–H groups in total. The number of benzene rings is 1. The van der Waals surface area contributed by atoms with Crippen LogP contribution in [-0.2, 0) is 4.79 Å². The zero-order chi connectivity index (χ0) is 14.5. The maximum Gasteiger partial charge on any atom is 0.240 e. The first kappa shape index (κ1) is 16.1. The van der Waals surface area contributed by atoms with E-state index in [9.17, 15) is 4.79 Å². The molecule has 0 heterocycles. The lowest BCUT2D eigenvalue weighted by Gasteiger charge is -2.27. The minimum absolute atomic E-state index is 0.0151. The van der Waals surface area contributed by atoms with E-state index in [1.807, 2.05) is 27.7 Å². The quantitative estimate of drug-likeness (QED) is 0.787. The van der Waals surface area contributed by atoms with Gasteiger partial charge in [0.05, 0.1) is 11.6 Å². The summed E-state index contributed by atoms with van der Waals surface area (Å²) in [4.78, 5) is 13.4. The van der Waals surface area contributed by atoms with Crippen LogP contribution in [0.4, 0.5) is 0 Å². The highest BCUT2D eigenvalue weighted by Crippen LogP contribution is 2.19. The van der Waals surface area contributed by atoms with E-state index in [0.29, 0.717) is 0 Å². The van der Waals surface area contributed by atoms with Gasteiger partial charge in [0.15, 0.2) is 0 Å². The van der Waals surface area contributed by atoms with Crippen LogP contribution in [0.15, 0.2) is 29.2 Å². The van der Waals surface area contributed by atoms with Crippen molar-refractivity contribution in [2.24, 2.45) is 0 Å². The number of hydrogen-bond acceptors (Lipinski definition) is 3. The van der Waals surface area contributed by atoms with Crippen molar-refractivity contribution in [1.82, 2.24) is 10.6 Å². The molecule has 0 aliphatic carbocycles. The molecule has 0 aliphatic heterocycles. The lowest BCUT2D eigenvalue weighted by molar-refractivity contribution is -0.127. The summed E-state index contributed by atoms with van der Waals surface area (Å²) in [7, 11) is 0. The van der Waals surface area contributed by atoms with E-state index in [4.69, 9.17) is 0 Å². The number of carbonyl (C=O) groups excluding carboxylic acids is 1. The molecule has 0 aliphatic rings. The molecule has 0 radical (unpaired) electrons. The van der Waals surface area contributed by atoms with Crippen molar-refractivity contribution < 1.29 is 4.79 Å². The van der Waals surface area contributed by atoms with E-state index < -0.39 is 5.54 Å². The van der Waals surface area contributed by atoms with Crippen molar-refractivity contribution in [3.8, 4) is 0 Å². The number of hydrogen-bond donors (Lipinski definition) is 2. The van der Waals surface area contributed by atoms with E-state index >= 15 is 0 Å². The minimum Gasteiger partial charge on any atom is -0.348 e. The predicted molar refractivity (Wildman–Crippen MR) is 82.5 cm³/mol. The van der Waals surface area contributed by atoms with Crippen LogP contribution in [-0.4, -0.2) is 24.2 Å². The first-order valence-corrected chi connectivity index (χ1v) is 7.83. The molecule has 0 spiro atoms. The van der Waals surface area contributed by atoms with Crippen molar-refractivity contribution in [3.05, 3.63) is 29.8 Å². The van der Waals surface area contributed by atoms with Gasteiger partial charge in [-0.3, -0.25) is 4.79 Å².